The number of aromatic nitrogens is 2. The van der Waals surface area contributed by atoms with E-state index in [1.165, 1.54) is 13.2 Å². The molecule has 0 amide bonds. The summed E-state index contributed by atoms with van der Waals surface area (Å²) < 4.78 is 17.4. The van der Waals surface area contributed by atoms with E-state index in [1.54, 1.807) is 47.1 Å². The second-order valence-electron chi connectivity index (χ2n) is 5.77. The van der Waals surface area contributed by atoms with Crippen molar-refractivity contribution in [3.8, 4) is 17.6 Å². The fourth-order valence-corrected chi connectivity index (χ4v) is 3.05. The molecule has 0 aliphatic carbocycles. The normalized spacial score (nSPS) is 10.8. The van der Waals surface area contributed by atoms with Gasteiger partial charge in [0, 0.05) is 18.5 Å². The number of nitriles is 1. The third-order valence-electron chi connectivity index (χ3n) is 3.78. The SMILES string of the molecule is COc1cc(/C=C/C(=O)OCc2cn3cc(Cl)cc(Cl)c3n2)ccc1OCC#N. The number of rotatable bonds is 7. The van der Waals surface area contributed by atoms with E-state index in [1.807, 2.05) is 6.07 Å². The molecule has 0 aliphatic heterocycles. The fourth-order valence-electron chi connectivity index (χ4n) is 2.52. The van der Waals surface area contributed by atoms with E-state index in [0.29, 0.717) is 38.4 Å². The van der Waals surface area contributed by atoms with E-state index in [-0.39, 0.29) is 13.2 Å². The lowest BCUT2D eigenvalue weighted by Crippen LogP contribution is -2.01. The first-order valence-electron chi connectivity index (χ1n) is 8.35. The number of nitrogens with zero attached hydrogens (tertiary/aromatic N) is 3. The number of benzene rings is 1. The smallest absolute Gasteiger partial charge is 0.331 e. The van der Waals surface area contributed by atoms with Gasteiger partial charge in [0.05, 0.1) is 22.8 Å². The van der Waals surface area contributed by atoms with Crippen molar-refractivity contribution in [3.63, 3.8) is 0 Å². The number of hydrogen-bond acceptors (Lipinski definition) is 6. The van der Waals surface area contributed by atoms with Crippen LogP contribution in [-0.2, 0) is 16.1 Å². The Hall–Kier alpha value is -3.21. The van der Waals surface area contributed by atoms with Crippen LogP contribution in [0.5, 0.6) is 11.5 Å². The number of carbonyl (C=O) groups excluding carboxylic acids is 1. The number of pyridine rings is 1. The van der Waals surface area contributed by atoms with Gasteiger partial charge in [0.2, 0.25) is 0 Å². The van der Waals surface area contributed by atoms with Gasteiger partial charge in [-0.2, -0.15) is 5.26 Å². The molecular weight excluding hydrogens is 417 g/mol. The second-order valence-corrected chi connectivity index (χ2v) is 6.61. The molecule has 0 spiro atoms. The van der Waals surface area contributed by atoms with Crippen molar-refractivity contribution >= 4 is 40.9 Å². The van der Waals surface area contributed by atoms with Crippen LogP contribution in [0.25, 0.3) is 11.7 Å². The summed E-state index contributed by atoms with van der Waals surface area (Å²) in [7, 11) is 1.49. The lowest BCUT2D eigenvalue weighted by Gasteiger charge is -2.08. The van der Waals surface area contributed by atoms with Crippen molar-refractivity contribution in [2.24, 2.45) is 0 Å². The molecule has 2 aromatic heterocycles. The molecule has 0 radical (unpaired) electrons. The van der Waals surface area contributed by atoms with Gasteiger partial charge in [-0.15, -0.1) is 0 Å². The van der Waals surface area contributed by atoms with E-state index in [4.69, 9.17) is 42.7 Å². The Morgan fingerprint density at radius 3 is 2.86 bits per heavy atom. The minimum atomic E-state index is -0.532. The molecule has 0 bridgehead atoms. The highest BCUT2D eigenvalue weighted by atomic mass is 35.5. The van der Waals surface area contributed by atoms with Crippen molar-refractivity contribution in [1.29, 1.82) is 5.26 Å². The predicted octanol–water partition coefficient (Wildman–Crippen LogP) is 4.31. The summed E-state index contributed by atoms with van der Waals surface area (Å²) in [5.74, 6) is 0.366. The topological polar surface area (TPSA) is 85.8 Å². The van der Waals surface area contributed by atoms with Crippen LogP contribution in [0.4, 0.5) is 0 Å². The maximum Gasteiger partial charge on any atom is 0.331 e. The van der Waals surface area contributed by atoms with Gasteiger partial charge in [-0.25, -0.2) is 9.78 Å². The predicted molar refractivity (Wildman–Crippen MR) is 108 cm³/mol. The lowest BCUT2D eigenvalue weighted by molar-refractivity contribution is -0.139. The molecule has 7 nitrogen and oxygen atoms in total. The molecule has 0 saturated carbocycles. The standard InChI is InChI=1S/C20H15Cl2N3O4/c1-27-18-8-13(2-4-17(18)28-7-6-23)3-5-19(26)29-12-15-11-25-10-14(21)9-16(22)20(25)24-15/h2-5,8-11H,7,12H2,1H3/b5-3+. The number of imidazole rings is 1. The van der Waals surface area contributed by atoms with Gasteiger partial charge in [0.25, 0.3) is 0 Å². The van der Waals surface area contributed by atoms with Gasteiger partial charge >= 0.3 is 5.97 Å². The van der Waals surface area contributed by atoms with Crippen LogP contribution in [-0.4, -0.2) is 29.1 Å². The maximum atomic E-state index is 12.0. The molecule has 29 heavy (non-hydrogen) atoms. The zero-order valence-electron chi connectivity index (χ0n) is 15.3. The molecule has 1 aromatic carbocycles. The Labute approximate surface area is 176 Å². The van der Waals surface area contributed by atoms with Crippen LogP contribution in [0.3, 0.4) is 0 Å². The zero-order valence-corrected chi connectivity index (χ0v) is 16.8. The Kier molecular flexibility index (Phi) is 6.60. The molecule has 0 unspecified atom stereocenters. The molecule has 0 fully saturated rings. The number of carbonyl (C=O) groups is 1. The number of fused-ring (bicyclic) bond motifs is 1. The van der Waals surface area contributed by atoms with Crippen LogP contribution in [0.2, 0.25) is 10.0 Å². The zero-order chi connectivity index (χ0) is 20.8. The summed E-state index contributed by atoms with van der Waals surface area (Å²) in [6.07, 6.45) is 6.23. The van der Waals surface area contributed by atoms with Gasteiger partial charge in [-0.1, -0.05) is 29.3 Å². The number of esters is 1. The van der Waals surface area contributed by atoms with Crippen LogP contribution in [0.1, 0.15) is 11.3 Å². The van der Waals surface area contributed by atoms with Crippen LogP contribution in [0.15, 0.2) is 42.7 Å². The highest BCUT2D eigenvalue weighted by Gasteiger charge is 2.09. The quantitative estimate of drug-likeness (QED) is 0.409. The molecule has 2 heterocycles. The maximum absolute atomic E-state index is 12.0. The molecular formula is C20H15Cl2N3O4. The highest BCUT2D eigenvalue weighted by molar-refractivity contribution is 6.36. The van der Waals surface area contributed by atoms with E-state index < -0.39 is 5.97 Å². The highest BCUT2D eigenvalue weighted by Crippen LogP contribution is 2.28. The van der Waals surface area contributed by atoms with Crippen molar-refractivity contribution in [2.75, 3.05) is 13.7 Å². The van der Waals surface area contributed by atoms with Crippen LogP contribution in [0, 0.1) is 11.3 Å². The molecule has 0 aliphatic rings. The number of hydrogen-bond donors (Lipinski definition) is 0. The average Bonchev–Trinajstić information content (AvgIpc) is 3.12. The van der Waals surface area contributed by atoms with Gasteiger partial charge in [0.1, 0.15) is 12.7 Å². The van der Waals surface area contributed by atoms with E-state index in [2.05, 4.69) is 4.98 Å². The Balaban J connectivity index is 1.63. The first-order valence-corrected chi connectivity index (χ1v) is 9.11. The monoisotopic (exact) mass is 431 g/mol. The van der Waals surface area contributed by atoms with E-state index in [9.17, 15) is 4.79 Å². The molecule has 0 N–H and O–H groups in total. The molecule has 9 heteroatoms. The Morgan fingerprint density at radius 1 is 1.28 bits per heavy atom. The molecule has 3 rings (SSSR count). The summed E-state index contributed by atoms with van der Waals surface area (Å²) in [5.41, 5.74) is 1.78. The summed E-state index contributed by atoms with van der Waals surface area (Å²) in [4.78, 5) is 16.3. The van der Waals surface area contributed by atoms with Crippen molar-refractivity contribution in [3.05, 3.63) is 64.0 Å². The summed E-state index contributed by atoms with van der Waals surface area (Å²) >= 11 is 12.1. The minimum absolute atomic E-state index is 0.0109. The van der Waals surface area contributed by atoms with Crippen molar-refractivity contribution in [1.82, 2.24) is 9.38 Å². The number of ether oxygens (including phenoxy) is 3. The lowest BCUT2D eigenvalue weighted by atomic mass is 10.2. The van der Waals surface area contributed by atoms with Gasteiger partial charge in [-0.3, -0.25) is 0 Å². The largest absolute Gasteiger partial charge is 0.493 e. The molecule has 3 aromatic rings. The number of halogens is 2. The third-order valence-corrected chi connectivity index (χ3v) is 4.26. The van der Waals surface area contributed by atoms with Crippen molar-refractivity contribution in [2.45, 2.75) is 6.61 Å². The van der Waals surface area contributed by atoms with Crippen LogP contribution >= 0.6 is 23.2 Å². The van der Waals surface area contributed by atoms with Gasteiger partial charge in [0.15, 0.2) is 23.8 Å². The van der Waals surface area contributed by atoms with Crippen molar-refractivity contribution < 1.29 is 19.0 Å². The summed E-state index contributed by atoms with van der Waals surface area (Å²) in [6, 6.07) is 8.56. The average molecular weight is 432 g/mol. The third kappa shape index (κ3) is 5.19. The Bertz CT molecular complexity index is 1120. The molecule has 0 saturated heterocycles. The first-order chi connectivity index (χ1) is 14.0. The van der Waals surface area contributed by atoms with Gasteiger partial charge < -0.3 is 18.6 Å². The molecule has 0 atom stereocenters. The fraction of sp³-hybridized carbons (Fsp3) is 0.150. The van der Waals surface area contributed by atoms with E-state index in [0.717, 1.165) is 0 Å². The summed E-state index contributed by atoms with van der Waals surface area (Å²) in [6.45, 7) is -0.0958. The number of methoxy groups -OCH3 is 1. The second kappa shape index (κ2) is 9.32. The summed E-state index contributed by atoms with van der Waals surface area (Å²) in [5, 5.41) is 9.48. The minimum Gasteiger partial charge on any atom is -0.493 e. The van der Waals surface area contributed by atoms with Gasteiger partial charge in [-0.05, 0) is 29.8 Å². The Morgan fingerprint density at radius 2 is 2.10 bits per heavy atom. The van der Waals surface area contributed by atoms with Crippen LogP contribution < -0.4 is 9.47 Å². The molecule has 148 valence electrons. The first kappa shape index (κ1) is 20.5. The van der Waals surface area contributed by atoms with E-state index >= 15 is 0 Å².